The molecule has 0 bridgehead atoms. The third-order valence-electron chi connectivity index (χ3n) is 12.3. The lowest BCUT2D eigenvalue weighted by Crippen LogP contribution is -2.30. The Morgan fingerprint density at radius 1 is 0.329 bits per heavy atom. The molecule has 5 nitrogen and oxygen atoms in total. The molecule has 0 aromatic heterocycles. The molecule has 0 N–H and O–H groups in total. The monoisotopic (exact) mass is 971 g/mol. The van der Waals surface area contributed by atoms with E-state index in [1.54, 1.807) is 0 Å². The number of unbranched alkanes of at least 4 members (excludes halogenated alkanes) is 24. The van der Waals surface area contributed by atoms with Crippen LogP contribution in [0.25, 0.3) is 0 Å². The first-order valence-electron chi connectivity index (χ1n) is 29.4. The average molecular weight is 972 g/mol. The van der Waals surface area contributed by atoms with Crippen LogP contribution in [0, 0.1) is 0 Å². The Bertz CT molecular complexity index is 1380. The summed E-state index contributed by atoms with van der Waals surface area (Å²) >= 11 is 0. The fourth-order valence-electron chi connectivity index (χ4n) is 7.91. The highest BCUT2D eigenvalue weighted by atomic mass is 16.6. The van der Waals surface area contributed by atoms with Crippen molar-refractivity contribution in [2.45, 2.75) is 271 Å². The summed E-state index contributed by atoms with van der Waals surface area (Å²) in [6.45, 7) is 7.60. The molecule has 0 saturated heterocycles. The van der Waals surface area contributed by atoms with E-state index in [2.05, 4.69) is 124 Å². The quantitative estimate of drug-likeness (QED) is 0.0345. The molecule has 0 spiro atoms. The van der Waals surface area contributed by atoms with Gasteiger partial charge in [-0.25, -0.2) is 0 Å². The predicted molar refractivity (Wildman–Crippen MR) is 306 cm³/mol. The Morgan fingerprint density at radius 2 is 0.671 bits per heavy atom. The summed E-state index contributed by atoms with van der Waals surface area (Å²) in [7, 11) is 0. The molecule has 0 aliphatic rings. The van der Waals surface area contributed by atoms with E-state index in [0.29, 0.717) is 25.9 Å². The molecule has 0 saturated carbocycles. The number of carbonyl (C=O) groups excluding carboxylic acids is 2. The van der Waals surface area contributed by atoms with Crippen molar-refractivity contribution in [1.82, 2.24) is 0 Å². The molecule has 0 aromatic carbocycles. The average Bonchev–Trinajstić information content (AvgIpc) is 3.36. The minimum Gasteiger partial charge on any atom is -0.462 e. The van der Waals surface area contributed by atoms with Crippen LogP contribution in [0.5, 0.6) is 0 Å². The van der Waals surface area contributed by atoms with Crippen LogP contribution in [-0.4, -0.2) is 37.9 Å². The van der Waals surface area contributed by atoms with Gasteiger partial charge in [0, 0.05) is 19.4 Å². The molecule has 1 atom stereocenters. The zero-order valence-corrected chi connectivity index (χ0v) is 46.0. The van der Waals surface area contributed by atoms with Crippen LogP contribution in [0.15, 0.2) is 109 Å². The van der Waals surface area contributed by atoms with Gasteiger partial charge in [0.2, 0.25) is 0 Å². The van der Waals surface area contributed by atoms with Crippen LogP contribution < -0.4 is 0 Å². The normalized spacial score (nSPS) is 13.0. The lowest BCUT2D eigenvalue weighted by atomic mass is 10.1. The first kappa shape index (κ1) is 66.6. The summed E-state index contributed by atoms with van der Waals surface area (Å²) < 4.78 is 17.4. The van der Waals surface area contributed by atoms with E-state index >= 15 is 0 Å². The minimum atomic E-state index is -0.582. The summed E-state index contributed by atoms with van der Waals surface area (Å²) in [6.07, 6.45) is 82.7. The van der Waals surface area contributed by atoms with Gasteiger partial charge in [-0.2, -0.15) is 0 Å². The fourth-order valence-corrected chi connectivity index (χ4v) is 7.91. The van der Waals surface area contributed by atoms with Crippen molar-refractivity contribution in [1.29, 1.82) is 0 Å². The summed E-state index contributed by atoms with van der Waals surface area (Å²) in [6, 6.07) is 0. The fraction of sp³-hybridized carbons (Fsp3) is 0.692. The number of allylic oxidation sites excluding steroid dienone is 18. The maximum Gasteiger partial charge on any atom is 0.306 e. The summed E-state index contributed by atoms with van der Waals surface area (Å²) in [5, 5.41) is 0. The van der Waals surface area contributed by atoms with Gasteiger partial charge in [-0.15, -0.1) is 0 Å². The van der Waals surface area contributed by atoms with Gasteiger partial charge < -0.3 is 14.2 Å². The molecule has 0 fully saturated rings. The molecule has 0 aliphatic carbocycles. The SMILES string of the molecule is CC/C=C\C/C=C\C/C=C\C/C=C\C/C=C\C/C=C\CCC(=O)OCC(COCCCCCCCCCCCC/C=C\CCCCCCCC)OC(=O)CCCCCCC/C=C\C/C=C\CCCCC. The van der Waals surface area contributed by atoms with Gasteiger partial charge in [0.25, 0.3) is 0 Å². The van der Waals surface area contributed by atoms with Crippen LogP contribution in [0.3, 0.4) is 0 Å². The van der Waals surface area contributed by atoms with E-state index in [1.807, 2.05) is 6.08 Å². The second kappa shape index (κ2) is 59.9. The third-order valence-corrected chi connectivity index (χ3v) is 12.3. The Labute approximate surface area is 434 Å². The maximum absolute atomic E-state index is 12.9. The van der Waals surface area contributed by atoms with Gasteiger partial charge in [0.1, 0.15) is 6.61 Å². The summed E-state index contributed by atoms with van der Waals surface area (Å²) in [5.74, 6) is -0.510. The number of hydrogen-bond donors (Lipinski definition) is 0. The van der Waals surface area contributed by atoms with E-state index in [-0.39, 0.29) is 25.2 Å². The number of carbonyl (C=O) groups is 2. The van der Waals surface area contributed by atoms with E-state index < -0.39 is 6.10 Å². The molecule has 0 amide bonds. The van der Waals surface area contributed by atoms with E-state index in [9.17, 15) is 9.59 Å². The molecule has 0 aliphatic heterocycles. The third kappa shape index (κ3) is 57.1. The number of rotatable bonds is 53. The Kier molecular flexibility index (Phi) is 56.9. The van der Waals surface area contributed by atoms with Crippen LogP contribution in [-0.2, 0) is 23.8 Å². The van der Waals surface area contributed by atoms with Gasteiger partial charge in [-0.05, 0) is 116 Å². The number of ether oxygens (including phenoxy) is 3. The van der Waals surface area contributed by atoms with Crippen molar-refractivity contribution in [2.75, 3.05) is 19.8 Å². The standard InChI is InChI=1S/C65H110O5/c1-4-7-10-13-16-19-22-25-28-30-32-34-36-39-42-45-48-51-54-57-60-68-61-63(70-65(67)59-56-53-50-47-44-41-37-27-24-21-18-15-12-9-6-3)62-69-64(66)58-55-52-49-46-43-40-38-35-33-31-29-26-23-20-17-14-11-8-5-2/h8,11,17-18,20-21,25-29,33,35,37,40,43,49,52,63H,4-7,9-10,12-16,19,22-24,30-32,34,36,38-39,41-42,44-48,50-51,53-62H2,1-3H3/b11-8-,20-17-,21-18-,28-25-,29-26-,35-33-,37-27-,43-40-,52-49-. The Morgan fingerprint density at radius 3 is 1.13 bits per heavy atom. The molecule has 0 heterocycles. The molecule has 70 heavy (non-hydrogen) atoms. The van der Waals surface area contributed by atoms with Crippen molar-refractivity contribution in [3.05, 3.63) is 109 Å². The highest BCUT2D eigenvalue weighted by Crippen LogP contribution is 2.14. The summed E-state index contributed by atoms with van der Waals surface area (Å²) in [4.78, 5) is 25.5. The van der Waals surface area contributed by atoms with Gasteiger partial charge in [0.05, 0.1) is 6.61 Å². The van der Waals surface area contributed by atoms with Crippen LogP contribution in [0.4, 0.5) is 0 Å². The van der Waals surface area contributed by atoms with E-state index in [1.165, 1.54) is 141 Å². The van der Waals surface area contributed by atoms with Crippen LogP contribution in [0.2, 0.25) is 0 Å². The number of esters is 2. The first-order valence-corrected chi connectivity index (χ1v) is 29.4. The van der Waals surface area contributed by atoms with Gasteiger partial charge in [0.15, 0.2) is 6.10 Å². The molecular formula is C65H110O5. The molecule has 400 valence electrons. The van der Waals surface area contributed by atoms with Crippen molar-refractivity contribution in [3.63, 3.8) is 0 Å². The molecule has 1 unspecified atom stereocenters. The smallest absolute Gasteiger partial charge is 0.306 e. The summed E-state index contributed by atoms with van der Waals surface area (Å²) in [5.41, 5.74) is 0. The Balaban J connectivity index is 4.40. The largest absolute Gasteiger partial charge is 0.462 e. The molecule has 0 radical (unpaired) electrons. The zero-order chi connectivity index (χ0) is 50.6. The highest BCUT2D eigenvalue weighted by Gasteiger charge is 2.17. The number of hydrogen-bond acceptors (Lipinski definition) is 5. The second-order valence-electron chi connectivity index (χ2n) is 19.2. The highest BCUT2D eigenvalue weighted by molar-refractivity contribution is 5.70. The molecule has 0 aromatic rings. The first-order chi connectivity index (χ1) is 34.6. The van der Waals surface area contributed by atoms with Crippen LogP contribution in [0.1, 0.15) is 265 Å². The van der Waals surface area contributed by atoms with Crippen molar-refractivity contribution in [3.8, 4) is 0 Å². The Hall–Kier alpha value is -3.44. The molecule has 5 heteroatoms. The lowest BCUT2D eigenvalue weighted by molar-refractivity contribution is -0.162. The van der Waals surface area contributed by atoms with Gasteiger partial charge in [-0.3, -0.25) is 9.59 Å². The zero-order valence-electron chi connectivity index (χ0n) is 46.0. The maximum atomic E-state index is 12.9. The van der Waals surface area contributed by atoms with Gasteiger partial charge >= 0.3 is 11.9 Å². The van der Waals surface area contributed by atoms with Crippen molar-refractivity contribution < 1.29 is 23.8 Å². The predicted octanol–water partition coefficient (Wildman–Crippen LogP) is 20.3. The van der Waals surface area contributed by atoms with Crippen LogP contribution >= 0.6 is 0 Å². The minimum absolute atomic E-state index is 0.0342. The van der Waals surface area contributed by atoms with E-state index in [0.717, 1.165) is 83.5 Å². The van der Waals surface area contributed by atoms with Crippen molar-refractivity contribution in [2.24, 2.45) is 0 Å². The van der Waals surface area contributed by atoms with Gasteiger partial charge in [-0.1, -0.05) is 246 Å². The lowest BCUT2D eigenvalue weighted by Gasteiger charge is -2.18. The van der Waals surface area contributed by atoms with Crippen molar-refractivity contribution >= 4 is 11.9 Å². The van der Waals surface area contributed by atoms with E-state index in [4.69, 9.17) is 14.2 Å². The topological polar surface area (TPSA) is 61.8 Å². The molecular weight excluding hydrogens is 861 g/mol. The second-order valence-corrected chi connectivity index (χ2v) is 19.2. The molecule has 0 rings (SSSR count).